The van der Waals surface area contributed by atoms with Crippen LogP contribution in [0.2, 0.25) is 18.1 Å². The van der Waals surface area contributed by atoms with Gasteiger partial charge in [-0.15, -0.1) is 0 Å². The van der Waals surface area contributed by atoms with Crippen molar-refractivity contribution < 1.29 is 18.3 Å². The summed E-state index contributed by atoms with van der Waals surface area (Å²) < 4.78 is 26.6. The lowest BCUT2D eigenvalue weighted by atomic mass is 10.0. The number of alkyl carbamates (subject to hydrolysis) is 1. The van der Waals surface area contributed by atoms with E-state index in [1.54, 1.807) is 20.8 Å². The van der Waals surface area contributed by atoms with Gasteiger partial charge in [0, 0.05) is 6.61 Å². The van der Waals surface area contributed by atoms with E-state index in [9.17, 15) is 4.79 Å². The zero-order valence-electron chi connectivity index (χ0n) is 20.7. The molecule has 6 heteroatoms. The smallest absolute Gasteiger partial charge is 0.408 e. The molecule has 0 aliphatic heterocycles. The fraction of sp³-hybridized carbons (Fsp3) is 0.640. The Morgan fingerprint density at radius 2 is 1.77 bits per heavy atom. The average Bonchev–Trinajstić information content (AvgIpc) is 2.63. The first kappa shape index (κ1) is 27.4. The third kappa shape index (κ3) is 10.00. The number of hydrogen-bond acceptors (Lipinski definition) is 3. The quantitative estimate of drug-likeness (QED) is 0.286. The first-order valence-electron chi connectivity index (χ1n) is 11.3. The lowest BCUT2D eigenvalue weighted by Gasteiger charge is -2.39. The van der Waals surface area contributed by atoms with Gasteiger partial charge in [0.1, 0.15) is 11.4 Å². The molecule has 4 nitrogen and oxygen atoms in total. The molecule has 1 N–H and O–H groups in total. The fourth-order valence-electron chi connectivity index (χ4n) is 3.29. The van der Waals surface area contributed by atoms with Gasteiger partial charge < -0.3 is 14.5 Å². The molecule has 31 heavy (non-hydrogen) atoms. The molecule has 0 heterocycles. The molecule has 1 amide bonds. The molecule has 1 aromatic rings. The van der Waals surface area contributed by atoms with Crippen molar-refractivity contribution in [1.29, 1.82) is 0 Å². The number of hydrogen-bond donors (Lipinski definition) is 1. The zero-order valence-corrected chi connectivity index (χ0v) is 21.7. The van der Waals surface area contributed by atoms with Gasteiger partial charge in [-0.05, 0) is 69.8 Å². The SMILES string of the molecule is CCCC(C)(C)[Si](C)(C)OCC/C=C(\F)C(Cc1ccccc1)NC(=O)OC(C)(C)C. The van der Waals surface area contributed by atoms with Gasteiger partial charge in [0.15, 0.2) is 8.32 Å². The first-order valence-corrected chi connectivity index (χ1v) is 14.2. The average molecular weight is 452 g/mol. The topological polar surface area (TPSA) is 47.6 Å². The highest BCUT2D eigenvalue weighted by Crippen LogP contribution is 2.42. The maximum atomic E-state index is 15.1. The van der Waals surface area contributed by atoms with Gasteiger partial charge in [0.05, 0.1) is 6.04 Å². The van der Waals surface area contributed by atoms with E-state index in [1.807, 2.05) is 30.3 Å². The first-order chi connectivity index (χ1) is 14.3. The van der Waals surface area contributed by atoms with Crippen molar-refractivity contribution in [3.63, 3.8) is 0 Å². The summed E-state index contributed by atoms with van der Waals surface area (Å²) in [6.07, 6.45) is 3.97. The van der Waals surface area contributed by atoms with Crippen LogP contribution in [0.5, 0.6) is 0 Å². The molecule has 0 aliphatic carbocycles. The minimum absolute atomic E-state index is 0.165. The number of ether oxygens (including phenoxy) is 1. The number of carbonyl (C=O) groups excluding carboxylic acids is 1. The Hall–Kier alpha value is -1.66. The van der Waals surface area contributed by atoms with Crippen LogP contribution in [-0.4, -0.2) is 32.7 Å². The molecule has 1 unspecified atom stereocenters. The second-order valence-corrected chi connectivity index (χ2v) is 14.9. The molecule has 0 saturated heterocycles. The second kappa shape index (κ2) is 11.8. The van der Waals surface area contributed by atoms with Crippen molar-refractivity contribution in [2.75, 3.05) is 6.61 Å². The molecule has 0 spiro atoms. The summed E-state index contributed by atoms with van der Waals surface area (Å²) >= 11 is 0. The molecule has 176 valence electrons. The number of amides is 1. The van der Waals surface area contributed by atoms with Gasteiger partial charge in [-0.3, -0.25) is 0 Å². The lowest BCUT2D eigenvalue weighted by Crippen LogP contribution is -2.42. The van der Waals surface area contributed by atoms with Crippen molar-refractivity contribution in [3.05, 3.63) is 47.8 Å². The molecular weight excluding hydrogens is 409 g/mol. The summed E-state index contributed by atoms with van der Waals surface area (Å²) in [5.74, 6) is -0.370. The number of rotatable bonds is 11. The van der Waals surface area contributed by atoms with Crippen LogP contribution < -0.4 is 5.32 Å². The maximum absolute atomic E-state index is 15.1. The maximum Gasteiger partial charge on any atom is 0.408 e. The predicted molar refractivity (Wildman–Crippen MR) is 129 cm³/mol. The summed E-state index contributed by atoms with van der Waals surface area (Å²) in [4.78, 5) is 12.3. The van der Waals surface area contributed by atoms with Gasteiger partial charge in [0.25, 0.3) is 0 Å². The molecule has 0 saturated carbocycles. The van der Waals surface area contributed by atoms with Crippen LogP contribution in [0, 0.1) is 0 Å². The minimum Gasteiger partial charge on any atom is -0.444 e. The highest BCUT2D eigenvalue weighted by Gasteiger charge is 2.40. The zero-order chi connectivity index (χ0) is 23.7. The van der Waals surface area contributed by atoms with Gasteiger partial charge in [-0.1, -0.05) is 57.5 Å². The third-order valence-corrected chi connectivity index (χ3v) is 10.2. The van der Waals surface area contributed by atoms with Crippen molar-refractivity contribution in [2.24, 2.45) is 0 Å². The van der Waals surface area contributed by atoms with E-state index in [-0.39, 0.29) is 10.9 Å². The van der Waals surface area contributed by atoms with Gasteiger partial charge in [0.2, 0.25) is 0 Å². The monoisotopic (exact) mass is 451 g/mol. The van der Waals surface area contributed by atoms with E-state index in [4.69, 9.17) is 9.16 Å². The summed E-state index contributed by atoms with van der Waals surface area (Å²) in [5, 5.41) is 2.85. The van der Waals surface area contributed by atoms with E-state index in [1.165, 1.54) is 6.08 Å². The standard InChI is InChI=1S/C25H42FNO3Si/c1-9-17-25(5,6)31(7,8)29-18-13-16-21(26)22(19-20-14-11-10-12-15-20)27-23(28)30-24(2,3)4/h10-12,14-16,22H,9,13,17-19H2,1-8H3,(H,27,28)/b21-16-. The van der Waals surface area contributed by atoms with E-state index >= 15 is 4.39 Å². The predicted octanol–water partition coefficient (Wildman–Crippen LogP) is 7.17. The molecule has 0 aromatic heterocycles. The van der Waals surface area contributed by atoms with E-state index < -0.39 is 26.1 Å². The lowest BCUT2D eigenvalue weighted by molar-refractivity contribution is 0.0506. The van der Waals surface area contributed by atoms with Crippen molar-refractivity contribution in [1.82, 2.24) is 5.32 Å². The number of benzene rings is 1. The Morgan fingerprint density at radius 3 is 2.32 bits per heavy atom. The highest BCUT2D eigenvalue weighted by molar-refractivity contribution is 6.74. The van der Waals surface area contributed by atoms with Crippen LogP contribution in [-0.2, 0) is 15.6 Å². The van der Waals surface area contributed by atoms with E-state index in [0.29, 0.717) is 19.4 Å². The largest absolute Gasteiger partial charge is 0.444 e. The van der Waals surface area contributed by atoms with Crippen LogP contribution in [0.3, 0.4) is 0 Å². The van der Waals surface area contributed by atoms with Crippen LogP contribution in [0.15, 0.2) is 42.2 Å². The molecular formula is C25H42FNO3Si. The molecule has 1 aromatic carbocycles. The van der Waals surface area contributed by atoms with Crippen LogP contribution in [0.25, 0.3) is 0 Å². The van der Waals surface area contributed by atoms with Gasteiger partial charge in [-0.2, -0.15) is 0 Å². The third-order valence-electron chi connectivity index (χ3n) is 5.73. The van der Waals surface area contributed by atoms with Crippen molar-refractivity contribution in [3.8, 4) is 0 Å². The Morgan fingerprint density at radius 1 is 1.16 bits per heavy atom. The molecule has 1 atom stereocenters. The summed E-state index contributed by atoms with van der Waals surface area (Å²) in [6, 6.07) is 8.78. The molecule has 0 fully saturated rings. The molecule has 0 aliphatic rings. The second-order valence-electron chi connectivity index (χ2n) is 10.3. The minimum atomic E-state index is -1.91. The van der Waals surface area contributed by atoms with Gasteiger partial charge >= 0.3 is 6.09 Å². The van der Waals surface area contributed by atoms with Gasteiger partial charge in [-0.25, -0.2) is 9.18 Å². The van der Waals surface area contributed by atoms with Crippen molar-refractivity contribution >= 4 is 14.4 Å². The molecule has 0 bridgehead atoms. The molecule has 0 radical (unpaired) electrons. The Bertz CT molecular complexity index is 711. The van der Waals surface area contributed by atoms with Crippen LogP contribution >= 0.6 is 0 Å². The van der Waals surface area contributed by atoms with E-state index in [0.717, 1.165) is 18.4 Å². The summed E-state index contributed by atoms with van der Waals surface area (Å²) in [6.45, 7) is 17.0. The van der Waals surface area contributed by atoms with Crippen LogP contribution in [0.4, 0.5) is 9.18 Å². The highest BCUT2D eigenvalue weighted by atomic mass is 28.4. The normalized spacial score (nSPS) is 14.3. The number of carbonyl (C=O) groups is 1. The van der Waals surface area contributed by atoms with E-state index in [2.05, 4.69) is 39.2 Å². The Labute approximate surface area is 189 Å². The Balaban J connectivity index is 2.80. The van der Waals surface area contributed by atoms with Crippen molar-refractivity contribution in [2.45, 2.75) is 97.0 Å². The fourth-order valence-corrected chi connectivity index (χ4v) is 5.16. The summed E-state index contributed by atoms with van der Waals surface area (Å²) in [7, 11) is -1.91. The number of nitrogens with one attached hydrogen (secondary N) is 1. The van der Waals surface area contributed by atoms with Crippen LogP contribution in [0.1, 0.15) is 66.4 Å². The number of halogens is 1. The Kier molecular flexibility index (Phi) is 10.4. The summed E-state index contributed by atoms with van der Waals surface area (Å²) in [5.41, 5.74) is 0.301. The molecule has 1 rings (SSSR count).